The van der Waals surface area contributed by atoms with Gasteiger partial charge in [0.1, 0.15) is 10.9 Å². The molecule has 1 N–H and O–H groups in total. The van der Waals surface area contributed by atoms with Crippen LogP contribution in [0.2, 0.25) is 5.15 Å². The van der Waals surface area contributed by atoms with E-state index < -0.39 is 0 Å². The fraction of sp³-hybridized carbons (Fsp3) is 0.391. The number of halogens is 1. The van der Waals surface area contributed by atoms with Crippen molar-refractivity contribution in [3.05, 3.63) is 62.4 Å². The van der Waals surface area contributed by atoms with Gasteiger partial charge in [0, 0.05) is 43.5 Å². The van der Waals surface area contributed by atoms with Gasteiger partial charge in [0.25, 0.3) is 5.56 Å². The largest absolute Gasteiger partial charge is 0.497 e. The molecule has 8 heteroatoms. The summed E-state index contributed by atoms with van der Waals surface area (Å²) in [6.45, 7) is 2.78. The Morgan fingerprint density at radius 3 is 2.90 bits per heavy atom. The molecule has 1 aromatic carbocycles. The van der Waals surface area contributed by atoms with Gasteiger partial charge in [0.05, 0.1) is 29.6 Å². The molecule has 0 saturated carbocycles. The van der Waals surface area contributed by atoms with E-state index in [2.05, 4.69) is 25.9 Å². The second kappa shape index (κ2) is 8.40. The lowest BCUT2D eigenvalue weighted by Crippen LogP contribution is -2.36. The lowest BCUT2D eigenvalue weighted by Gasteiger charge is -2.28. The van der Waals surface area contributed by atoms with Crippen LogP contribution in [0.3, 0.4) is 0 Å². The van der Waals surface area contributed by atoms with Crippen LogP contribution in [0.5, 0.6) is 5.75 Å². The average Bonchev–Trinajstić information content (AvgIpc) is 2.80. The summed E-state index contributed by atoms with van der Waals surface area (Å²) in [4.78, 5) is 31.8. The third-order valence-corrected chi connectivity index (χ3v) is 6.31. The molecule has 0 atom stereocenters. The van der Waals surface area contributed by atoms with E-state index in [0.717, 1.165) is 78.0 Å². The molecule has 2 aromatic heterocycles. The van der Waals surface area contributed by atoms with Crippen LogP contribution in [0.1, 0.15) is 41.9 Å². The summed E-state index contributed by atoms with van der Waals surface area (Å²) in [5.74, 6) is 1.43. The van der Waals surface area contributed by atoms with Crippen molar-refractivity contribution in [3.63, 3.8) is 0 Å². The molecule has 0 amide bonds. The molecule has 5 rings (SSSR count). The quantitative estimate of drug-likeness (QED) is 0.631. The van der Waals surface area contributed by atoms with Crippen LogP contribution in [-0.4, -0.2) is 45.8 Å². The molecule has 0 aliphatic carbocycles. The number of nitrogens with one attached hydrogen (secondary N) is 1. The maximum Gasteiger partial charge on any atom is 0.255 e. The van der Waals surface area contributed by atoms with Gasteiger partial charge in [-0.1, -0.05) is 11.6 Å². The Morgan fingerprint density at radius 2 is 2.10 bits per heavy atom. The van der Waals surface area contributed by atoms with E-state index in [-0.39, 0.29) is 5.56 Å². The summed E-state index contributed by atoms with van der Waals surface area (Å²) in [6.07, 6.45) is 3.81. The number of ether oxygens (including phenoxy) is 1. The van der Waals surface area contributed by atoms with Gasteiger partial charge in [-0.3, -0.25) is 14.7 Å². The maximum absolute atomic E-state index is 12.8. The number of fused-ring (bicyclic) bond motifs is 2. The van der Waals surface area contributed by atoms with Crippen molar-refractivity contribution in [2.45, 2.75) is 38.8 Å². The van der Waals surface area contributed by atoms with Crippen LogP contribution in [-0.2, 0) is 19.5 Å². The number of nitrogens with zero attached hydrogens (tertiary/aromatic N) is 4. The first-order valence-corrected chi connectivity index (χ1v) is 11.0. The summed E-state index contributed by atoms with van der Waals surface area (Å²) < 4.78 is 5.32. The van der Waals surface area contributed by atoms with Crippen LogP contribution in [0, 0.1) is 0 Å². The Kier molecular flexibility index (Phi) is 5.46. The molecule has 7 nitrogen and oxygen atoms in total. The molecule has 4 heterocycles. The van der Waals surface area contributed by atoms with Crippen LogP contribution in [0.4, 0.5) is 0 Å². The second-order valence-electron chi connectivity index (χ2n) is 8.08. The van der Waals surface area contributed by atoms with Gasteiger partial charge < -0.3 is 9.72 Å². The minimum absolute atomic E-state index is 0.0644. The molecule has 0 unspecified atom stereocenters. The summed E-state index contributed by atoms with van der Waals surface area (Å²) in [5, 5.41) is 1.47. The lowest BCUT2D eigenvalue weighted by molar-refractivity contribution is 0.241. The van der Waals surface area contributed by atoms with Gasteiger partial charge in [0.15, 0.2) is 5.82 Å². The van der Waals surface area contributed by atoms with Crippen molar-refractivity contribution in [2.75, 3.05) is 20.2 Å². The number of aromatic amines is 1. The molecule has 2 aliphatic rings. The summed E-state index contributed by atoms with van der Waals surface area (Å²) in [7, 11) is 1.65. The number of hydrogen-bond donors (Lipinski definition) is 1. The molecule has 160 valence electrons. The topological polar surface area (TPSA) is 83.5 Å². The highest BCUT2D eigenvalue weighted by Crippen LogP contribution is 2.26. The minimum atomic E-state index is -0.0644. The molecule has 0 bridgehead atoms. The van der Waals surface area contributed by atoms with Crippen molar-refractivity contribution in [1.29, 1.82) is 0 Å². The van der Waals surface area contributed by atoms with E-state index >= 15 is 0 Å². The summed E-state index contributed by atoms with van der Waals surface area (Å²) in [5.41, 5.74) is 4.25. The van der Waals surface area contributed by atoms with Gasteiger partial charge in [-0.05, 0) is 43.5 Å². The van der Waals surface area contributed by atoms with E-state index in [0.29, 0.717) is 24.1 Å². The van der Waals surface area contributed by atoms with Crippen molar-refractivity contribution in [3.8, 4) is 5.75 Å². The number of aromatic nitrogens is 3. The zero-order valence-electron chi connectivity index (χ0n) is 17.4. The average molecular weight is 438 g/mol. The van der Waals surface area contributed by atoms with E-state index in [1.165, 1.54) is 0 Å². The van der Waals surface area contributed by atoms with Gasteiger partial charge >= 0.3 is 0 Å². The number of hydrogen-bond acceptors (Lipinski definition) is 6. The number of methoxy groups -OCH3 is 1. The van der Waals surface area contributed by atoms with Crippen molar-refractivity contribution in [1.82, 2.24) is 19.9 Å². The standard InChI is InChI=1S/C23H24ClN5O2/c1-31-16-5-6-18-14(11-16)10-15(21(24)26-18)12-29-9-7-19-17(13-29)23(30)28-22(27-19)20-4-2-3-8-25-20/h5-6,10-11H,2-4,7-9,12-13H2,1H3,(H,27,28,30). The SMILES string of the molecule is COc1ccc2nc(Cl)c(CN3CCc4nc(C5=NCCCC5)[nH]c(=O)c4C3)cc2c1. The van der Waals surface area contributed by atoms with Gasteiger partial charge in [-0.2, -0.15) is 0 Å². The van der Waals surface area contributed by atoms with Crippen molar-refractivity contribution < 1.29 is 4.74 Å². The lowest BCUT2D eigenvalue weighted by atomic mass is 10.0. The highest BCUT2D eigenvalue weighted by molar-refractivity contribution is 6.30. The first-order valence-electron chi connectivity index (χ1n) is 10.6. The third-order valence-electron chi connectivity index (χ3n) is 5.99. The predicted octanol–water partition coefficient (Wildman–Crippen LogP) is 3.51. The van der Waals surface area contributed by atoms with Gasteiger partial charge in [0.2, 0.25) is 0 Å². The first-order chi connectivity index (χ1) is 15.1. The molecule has 0 radical (unpaired) electrons. The highest BCUT2D eigenvalue weighted by Gasteiger charge is 2.23. The Morgan fingerprint density at radius 1 is 1.19 bits per heavy atom. The minimum Gasteiger partial charge on any atom is -0.497 e. The predicted molar refractivity (Wildman–Crippen MR) is 121 cm³/mol. The molecule has 3 aromatic rings. The monoisotopic (exact) mass is 437 g/mol. The fourth-order valence-corrected chi connectivity index (χ4v) is 4.50. The van der Waals surface area contributed by atoms with Crippen molar-refractivity contribution >= 4 is 28.2 Å². The molecule has 2 aliphatic heterocycles. The number of H-pyrrole nitrogens is 1. The van der Waals surface area contributed by atoms with E-state index in [1.807, 2.05) is 18.2 Å². The summed E-state index contributed by atoms with van der Waals surface area (Å²) in [6, 6.07) is 7.78. The van der Waals surface area contributed by atoms with Gasteiger partial charge in [-0.15, -0.1) is 0 Å². The van der Waals surface area contributed by atoms with E-state index in [4.69, 9.17) is 21.3 Å². The summed E-state index contributed by atoms with van der Waals surface area (Å²) >= 11 is 6.47. The number of rotatable bonds is 4. The Hall–Kier alpha value is -2.77. The second-order valence-corrected chi connectivity index (χ2v) is 8.44. The van der Waals surface area contributed by atoms with Crippen LogP contribution >= 0.6 is 11.6 Å². The van der Waals surface area contributed by atoms with Crippen LogP contribution in [0.15, 0.2) is 34.1 Å². The maximum atomic E-state index is 12.8. The molecule has 0 saturated heterocycles. The van der Waals surface area contributed by atoms with Crippen LogP contribution < -0.4 is 10.3 Å². The van der Waals surface area contributed by atoms with Crippen molar-refractivity contribution in [2.24, 2.45) is 4.99 Å². The van der Waals surface area contributed by atoms with E-state index in [1.54, 1.807) is 7.11 Å². The number of aliphatic imine (C=N–C) groups is 1. The number of benzene rings is 1. The third kappa shape index (κ3) is 4.07. The molecule has 0 spiro atoms. The Bertz CT molecular complexity index is 1240. The Labute approximate surface area is 185 Å². The van der Waals surface area contributed by atoms with Gasteiger partial charge in [-0.25, -0.2) is 9.97 Å². The Balaban J connectivity index is 1.39. The zero-order valence-corrected chi connectivity index (χ0v) is 18.2. The molecular formula is C23H24ClN5O2. The molecule has 31 heavy (non-hydrogen) atoms. The smallest absolute Gasteiger partial charge is 0.255 e. The van der Waals surface area contributed by atoms with E-state index in [9.17, 15) is 4.79 Å². The normalized spacial score (nSPS) is 16.8. The zero-order chi connectivity index (χ0) is 21.4. The first kappa shape index (κ1) is 20.2. The fourth-order valence-electron chi connectivity index (χ4n) is 4.30. The van der Waals surface area contributed by atoms with Crippen LogP contribution in [0.25, 0.3) is 10.9 Å². The molecular weight excluding hydrogens is 414 g/mol. The molecule has 0 fully saturated rings. The highest BCUT2D eigenvalue weighted by atomic mass is 35.5. The number of pyridine rings is 1.